The summed E-state index contributed by atoms with van der Waals surface area (Å²) in [7, 11) is 1.76. The van der Waals surface area contributed by atoms with Crippen LogP contribution in [-0.4, -0.2) is 25.6 Å². The minimum absolute atomic E-state index is 0.0349. The molecular formula is C20H16F4N6O. The van der Waals surface area contributed by atoms with E-state index in [0.29, 0.717) is 11.1 Å². The van der Waals surface area contributed by atoms with Crippen molar-refractivity contribution >= 4 is 22.6 Å². The molecule has 0 bridgehead atoms. The largest absolute Gasteiger partial charge is 0.435 e. The predicted octanol–water partition coefficient (Wildman–Crippen LogP) is 4.24. The minimum atomic E-state index is -4.69. The lowest BCUT2D eigenvalue weighted by atomic mass is 10.2. The van der Waals surface area contributed by atoms with Crippen LogP contribution in [0, 0.1) is 5.82 Å². The molecule has 0 unspecified atom stereocenters. The van der Waals surface area contributed by atoms with E-state index in [2.05, 4.69) is 20.8 Å². The van der Waals surface area contributed by atoms with Gasteiger partial charge in [-0.15, -0.1) is 0 Å². The average Bonchev–Trinajstić information content (AvgIpc) is 3.31. The highest BCUT2D eigenvalue weighted by Gasteiger charge is 2.35. The lowest BCUT2D eigenvalue weighted by Gasteiger charge is -2.10. The number of nitrogens with zero attached hydrogens (tertiary/aromatic N) is 4. The van der Waals surface area contributed by atoms with E-state index in [4.69, 9.17) is 0 Å². The van der Waals surface area contributed by atoms with Gasteiger partial charge in [-0.1, -0.05) is 12.1 Å². The summed E-state index contributed by atoms with van der Waals surface area (Å²) in [5, 5.41) is 13.6. The zero-order chi connectivity index (χ0) is 22.2. The van der Waals surface area contributed by atoms with Crippen LogP contribution >= 0.6 is 0 Å². The highest BCUT2D eigenvalue weighted by molar-refractivity contribution is 6.00. The van der Waals surface area contributed by atoms with Gasteiger partial charge in [-0.3, -0.25) is 4.68 Å². The Kier molecular flexibility index (Phi) is 5.09. The smallest absolute Gasteiger partial charge is 0.332 e. The lowest BCUT2D eigenvalue weighted by molar-refractivity contribution is -0.141. The fourth-order valence-corrected chi connectivity index (χ4v) is 3.14. The van der Waals surface area contributed by atoms with Crippen LogP contribution in [-0.2, 0) is 19.8 Å². The molecule has 2 aromatic carbocycles. The standard InChI is InChI=1S/C20H16F4N6O/c1-29-17-7-3-6-16(15(17)11-26-29)27-19(31)25-10-14-9-18(20(22,23)24)28-30(14)13-5-2-4-12(21)8-13/h2-9,11H,10H2,1H3,(H2,25,27,31). The van der Waals surface area contributed by atoms with Crippen molar-refractivity contribution in [3.63, 3.8) is 0 Å². The van der Waals surface area contributed by atoms with Crippen LogP contribution in [0.15, 0.2) is 54.7 Å². The number of halogens is 4. The molecule has 0 radical (unpaired) electrons. The van der Waals surface area contributed by atoms with Crippen molar-refractivity contribution in [3.05, 3.63) is 71.9 Å². The molecule has 0 spiro atoms. The first-order chi connectivity index (χ1) is 14.7. The van der Waals surface area contributed by atoms with Crippen LogP contribution in [0.25, 0.3) is 16.6 Å². The molecule has 4 rings (SSSR count). The van der Waals surface area contributed by atoms with Crippen molar-refractivity contribution in [2.45, 2.75) is 12.7 Å². The van der Waals surface area contributed by atoms with Gasteiger partial charge in [0.25, 0.3) is 0 Å². The monoisotopic (exact) mass is 432 g/mol. The molecule has 0 saturated heterocycles. The lowest BCUT2D eigenvalue weighted by Crippen LogP contribution is -2.29. The number of alkyl halides is 3. The molecular weight excluding hydrogens is 416 g/mol. The molecule has 2 heterocycles. The molecule has 11 heteroatoms. The first kappa shape index (κ1) is 20.4. The topological polar surface area (TPSA) is 76.8 Å². The van der Waals surface area contributed by atoms with Crippen molar-refractivity contribution in [2.24, 2.45) is 7.05 Å². The molecule has 0 atom stereocenters. The Morgan fingerprint density at radius 1 is 1.13 bits per heavy atom. The number of aromatic nitrogens is 4. The average molecular weight is 432 g/mol. The van der Waals surface area contributed by atoms with Gasteiger partial charge in [0, 0.05) is 12.4 Å². The molecule has 2 aromatic heterocycles. The first-order valence-corrected chi connectivity index (χ1v) is 9.10. The molecule has 0 aliphatic rings. The maximum atomic E-state index is 13.6. The zero-order valence-electron chi connectivity index (χ0n) is 16.1. The van der Waals surface area contributed by atoms with Crippen LogP contribution < -0.4 is 10.6 Å². The summed E-state index contributed by atoms with van der Waals surface area (Å²) in [5.41, 5.74) is 0.295. The van der Waals surface area contributed by atoms with Crippen LogP contribution in [0.4, 0.5) is 28.0 Å². The fraction of sp³-hybridized carbons (Fsp3) is 0.150. The Labute approximate surface area is 173 Å². The number of anilines is 1. The van der Waals surface area contributed by atoms with Crippen molar-refractivity contribution in [2.75, 3.05) is 5.32 Å². The minimum Gasteiger partial charge on any atom is -0.332 e. The number of hydrogen-bond donors (Lipinski definition) is 2. The first-order valence-electron chi connectivity index (χ1n) is 9.10. The van der Waals surface area contributed by atoms with E-state index in [1.54, 1.807) is 30.1 Å². The van der Waals surface area contributed by atoms with Crippen LogP contribution in [0.5, 0.6) is 0 Å². The van der Waals surface area contributed by atoms with Crippen LogP contribution in [0.1, 0.15) is 11.4 Å². The number of benzene rings is 2. The Hall–Kier alpha value is -3.89. The van der Waals surface area contributed by atoms with Crippen molar-refractivity contribution < 1.29 is 22.4 Å². The zero-order valence-corrected chi connectivity index (χ0v) is 16.1. The van der Waals surface area contributed by atoms with Crippen LogP contribution in [0.3, 0.4) is 0 Å². The highest BCUT2D eigenvalue weighted by atomic mass is 19.4. The second kappa shape index (κ2) is 7.74. The predicted molar refractivity (Wildman–Crippen MR) is 105 cm³/mol. The van der Waals surface area contributed by atoms with Crippen LogP contribution in [0.2, 0.25) is 0 Å². The van der Waals surface area contributed by atoms with Gasteiger partial charge in [-0.05, 0) is 36.4 Å². The maximum Gasteiger partial charge on any atom is 0.435 e. The summed E-state index contributed by atoms with van der Waals surface area (Å²) in [6, 6.07) is 10.4. The molecule has 0 fully saturated rings. The normalized spacial score (nSPS) is 11.6. The third-order valence-corrected chi connectivity index (χ3v) is 4.60. The Morgan fingerprint density at radius 3 is 2.65 bits per heavy atom. The molecule has 160 valence electrons. The number of carbonyl (C=O) groups excluding carboxylic acids is 1. The van der Waals surface area contributed by atoms with E-state index in [-0.39, 0.29) is 17.9 Å². The highest BCUT2D eigenvalue weighted by Crippen LogP contribution is 2.29. The van der Waals surface area contributed by atoms with E-state index in [0.717, 1.165) is 22.3 Å². The van der Waals surface area contributed by atoms with Gasteiger partial charge in [0.15, 0.2) is 5.69 Å². The molecule has 7 nitrogen and oxygen atoms in total. The maximum absolute atomic E-state index is 13.6. The summed E-state index contributed by atoms with van der Waals surface area (Å²) in [5.74, 6) is -0.622. The number of nitrogens with one attached hydrogen (secondary N) is 2. The van der Waals surface area contributed by atoms with E-state index < -0.39 is 23.7 Å². The van der Waals surface area contributed by atoms with E-state index in [9.17, 15) is 22.4 Å². The van der Waals surface area contributed by atoms with E-state index >= 15 is 0 Å². The molecule has 2 N–H and O–H groups in total. The van der Waals surface area contributed by atoms with Gasteiger partial charge in [-0.2, -0.15) is 23.4 Å². The van der Waals surface area contributed by atoms with E-state index in [1.807, 2.05) is 6.07 Å². The van der Waals surface area contributed by atoms with Gasteiger partial charge in [0.2, 0.25) is 0 Å². The number of carbonyl (C=O) groups is 1. The second-order valence-electron chi connectivity index (χ2n) is 6.72. The summed E-state index contributed by atoms with van der Waals surface area (Å²) in [6.07, 6.45) is -3.09. The number of urea groups is 1. The van der Waals surface area contributed by atoms with Gasteiger partial charge in [-0.25, -0.2) is 13.9 Å². The van der Waals surface area contributed by atoms with Gasteiger partial charge in [0.05, 0.1) is 35.3 Å². The molecule has 0 saturated carbocycles. The number of hydrogen-bond acceptors (Lipinski definition) is 3. The van der Waals surface area contributed by atoms with Crippen molar-refractivity contribution in [3.8, 4) is 5.69 Å². The summed E-state index contributed by atoms with van der Waals surface area (Å²) < 4.78 is 55.6. The van der Waals surface area contributed by atoms with Gasteiger partial charge in [0.1, 0.15) is 5.82 Å². The quantitative estimate of drug-likeness (QED) is 0.474. The number of rotatable bonds is 4. The summed E-state index contributed by atoms with van der Waals surface area (Å²) in [6.45, 7) is -0.269. The molecule has 0 aliphatic carbocycles. The fourth-order valence-electron chi connectivity index (χ4n) is 3.14. The van der Waals surface area contributed by atoms with Crippen molar-refractivity contribution in [1.82, 2.24) is 24.9 Å². The van der Waals surface area contributed by atoms with Gasteiger partial charge < -0.3 is 10.6 Å². The summed E-state index contributed by atoms with van der Waals surface area (Å²) in [4.78, 5) is 12.4. The SMILES string of the molecule is Cn1ncc2c(NC(=O)NCc3cc(C(F)(F)F)nn3-c3cccc(F)c3)cccc21. The Bertz CT molecular complexity index is 1260. The number of amides is 2. The Morgan fingerprint density at radius 2 is 1.90 bits per heavy atom. The number of aryl methyl sites for hydroxylation is 1. The molecule has 2 amide bonds. The Balaban J connectivity index is 1.56. The van der Waals surface area contributed by atoms with E-state index in [1.165, 1.54) is 18.2 Å². The van der Waals surface area contributed by atoms with Gasteiger partial charge >= 0.3 is 12.2 Å². The molecule has 31 heavy (non-hydrogen) atoms. The third-order valence-electron chi connectivity index (χ3n) is 4.60. The number of fused-ring (bicyclic) bond motifs is 1. The molecule has 0 aliphatic heterocycles. The molecule has 4 aromatic rings. The third kappa shape index (κ3) is 4.20. The second-order valence-corrected chi connectivity index (χ2v) is 6.72. The van der Waals surface area contributed by atoms with Crippen molar-refractivity contribution in [1.29, 1.82) is 0 Å². The summed E-state index contributed by atoms with van der Waals surface area (Å²) >= 11 is 0.